The molecule has 1 heterocycles. The molecule has 1 fully saturated rings. The third kappa shape index (κ3) is 4.53. The second kappa shape index (κ2) is 6.07. The molecule has 1 aromatic carbocycles. The zero-order chi connectivity index (χ0) is 15.7. The van der Waals surface area contributed by atoms with Gasteiger partial charge in [0.15, 0.2) is 0 Å². The molecule has 0 saturated carbocycles. The highest BCUT2D eigenvalue weighted by Crippen LogP contribution is 2.23. The van der Waals surface area contributed by atoms with Crippen molar-refractivity contribution < 1.29 is 26.0 Å². The van der Waals surface area contributed by atoms with Crippen LogP contribution >= 0.6 is 10.7 Å². The van der Waals surface area contributed by atoms with Crippen LogP contribution in [0.25, 0.3) is 0 Å². The Bertz CT molecular complexity index is 729. The fourth-order valence-corrected chi connectivity index (χ4v) is 4.06. The fraction of sp³-hybridized carbons (Fsp3) is 0.455. The summed E-state index contributed by atoms with van der Waals surface area (Å²) in [6, 6.07) is 2.69. The molecule has 118 valence electrons. The lowest BCUT2D eigenvalue weighted by Crippen LogP contribution is -2.26. The van der Waals surface area contributed by atoms with E-state index in [1.165, 1.54) is 0 Å². The molecule has 1 atom stereocenters. The van der Waals surface area contributed by atoms with Gasteiger partial charge in [0.25, 0.3) is 9.05 Å². The predicted octanol–water partition coefficient (Wildman–Crippen LogP) is 1.67. The number of nitrogens with one attached hydrogen (secondary N) is 1. The SMILES string of the molecule is O=S(=O)(CC1CCCO1)Nc1ccc(S(=O)(=O)Cl)cc1F. The molecule has 2 rings (SSSR count). The average Bonchev–Trinajstić information content (AvgIpc) is 2.82. The Kier molecular flexibility index (Phi) is 4.76. The van der Waals surface area contributed by atoms with Gasteiger partial charge in [0, 0.05) is 17.3 Å². The van der Waals surface area contributed by atoms with Crippen LogP contribution in [0, 0.1) is 5.82 Å². The van der Waals surface area contributed by atoms with Gasteiger partial charge in [-0.15, -0.1) is 0 Å². The summed E-state index contributed by atoms with van der Waals surface area (Å²) in [4.78, 5) is -0.441. The molecule has 0 aliphatic carbocycles. The van der Waals surface area contributed by atoms with Crippen LogP contribution in [0.2, 0.25) is 0 Å². The van der Waals surface area contributed by atoms with Gasteiger partial charge in [0.05, 0.1) is 22.4 Å². The molecule has 0 amide bonds. The van der Waals surface area contributed by atoms with Crippen molar-refractivity contribution in [1.82, 2.24) is 0 Å². The summed E-state index contributed by atoms with van der Waals surface area (Å²) in [5, 5.41) is 0. The van der Waals surface area contributed by atoms with E-state index >= 15 is 0 Å². The number of anilines is 1. The lowest BCUT2D eigenvalue weighted by atomic mass is 10.3. The molecule has 1 N–H and O–H groups in total. The molecule has 1 aliphatic rings. The maximum atomic E-state index is 13.7. The highest BCUT2D eigenvalue weighted by molar-refractivity contribution is 8.13. The first-order valence-electron chi connectivity index (χ1n) is 6.04. The van der Waals surface area contributed by atoms with Gasteiger partial charge in [-0.1, -0.05) is 0 Å². The number of sulfonamides is 1. The molecule has 0 spiro atoms. The number of ether oxygens (including phenoxy) is 1. The van der Waals surface area contributed by atoms with Gasteiger partial charge in [-0.3, -0.25) is 4.72 Å². The normalized spacial score (nSPS) is 19.6. The third-order valence-electron chi connectivity index (χ3n) is 2.92. The van der Waals surface area contributed by atoms with Crippen molar-refractivity contribution in [3.05, 3.63) is 24.0 Å². The topological polar surface area (TPSA) is 89.5 Å². The third-order valence-corrected chi connectivity index (χ3v) is 5.61. The van der Waals surface area contributed by atoms with Gasteiger partial charge >= 0.3 is 0 Å². The van der Waals surface area contributed by atoms with Crippen LogP contribution in [0.15, 0.2) is 23.1 Å². The largest absolute Gasteiger partial charge is 0.377 e. The second-order valence-corrected chi connectivity index (χ2v) is 8.93. The summed E-state index contributed by atoms with van der Waals surface area (Å²) in [7, 11) is -2.78. The molecular formula is C11H13ClFNO5S2. The summed E-state index contributed by atoms with van der Waals surface area (Å²) < 4.78 is 66.9. The van der Waals surface area contributed by atoms with Crippen LogP contribution in [0.5, 0.6) is 0 Å². The van der Waals surface area contributed by atoms with Gasteiger partial charge in [-0.25, -0.2) is 21.2 Å². The van der Waals surface area contributed by atoms with Crippen LogP contribution in [0.4, 0.5) is 10.1 Å². The van der Waals surface area contributed by atoms with Gasteiger partial charge in [0.2, 0.25) is 10.0 Å². The lowest BCUT2D eigenvalue weighted by Gasteiger charge is -2.12. The van der Waals surface area contributed by atoms with Crippen LogP contribution in [-0.4, -0.2) is 35.3 Å². The van der Waals surface area contributed by atoms with Crippen LogP contribution in [0.1, 0.15) is 12.8 Å². The van der Waals surface area contributed by atoms with E-state index in [1.807, 2.05) is 0 Å². The number of benzene rings is 1. The van der Waals surface area contributed by atoms with Gasteiger partial charge in [0.1, 0.15) is 5.82 Å². The van der Waals surface area contributed by atoms with Gasteiger partial charge in [-0.05, 0) is 31.0 Å². The molecule has 6 nitrogen and oxygen atoms in total. The van der Waals surface area contributed by atoms with Gasteiger partial charge < -0.3 is 4.74 Å². The molecular weight excluding hydrogens is 345 g/mol. The summed E-state index contributed by atoms with van der Waals surface area (Å²) >= 11 is 0. The van der Waals surface area contributed by atoms with E-state index in [2.05, 4.69) is 4.72 Å². The molecule has 10 heteroatoms. The quantitative estimate of drug-likeness (QED) is 0.810. The van der Waals surface area contributed by atoms with Crippen molar-refractivity contribution >= 4 is 35.4 Å². The number of hydrogen-bond acceptors (Lipinski definition) is 5. The molecule has 0 radical (unpaired) electrons. The Hall–Kier alpha value is -0.900. The van der Waals surface area contributed by atoms with E-state index in [4.69, 9.17) is 15.4 Å². The van der Waals surface area contributed by atoms with Crippen molar-refractivity contribution in [1.29, 1.82) is 0 Å². The van der Waals surface area contributed by atoms with E-state index in [0.717, 1.165) is 18.6 Å². The molecule has 1 aromatic rings. The zero-order valence-corrected chi connectivity index (χ0v) is 13.1. The minimum atomic E-state index is -4.07. The van der Waals surface area contributed by atoms with E-state index in [0.29, 0.717) is 19.1 Å². The molecule has 21 heavy (non-hydrogen) atoms. The van der Waals surface area contributed by atoms with Crippen molar-refractivity contribution in [2.45, 2.75) is 23.8 Å². The molecule has 1 saturated heterocycles. The van der Waals surface area contributed by atoms with Crippen LogP contribution in [0.3, 0.4) is 0 Å². The minimum Gasteiger partial charge on any atom is -0.377 e. The monoisotopic (exact) mass is 357 g/mol. The second-order valence-electron chi connectivity index (χ2n) is 4.60. The highest BCUT2D eigenvalue weighted by Gasteiger charge is 2.24. The molecule has 0 aromatic heterocycles. The Morgan fingerprint density at radius 3 is 2.57 bits per heavy atom. The maximum absolute atomic E-state index is 13.7. The standard InChI is InChI=1S/C11H13ClFNO5S2/c12-21(17,18)9-3-4-11(10(13)6-9)14-20(15,16)7-8-2-1-5-19-8/h3-4,6,8,14H,1-2,5,7H2. The molecule has 1 aliphatic heterocycles. The highest BCUT2D eigenvalue weighted by atomic mass is 35.7. The first-order chi connectivity index (χ1) is 9.67. The van der Waals surface area contributed by atoms with Crippen LogP contribution in [-0.2, 0) is 23.8 Å². The van der Waals surface area contributed by atoms with Crippen molar-refractivity contribution in [3.8, 4) is 0 Å². The fourth-order valence-electron chi connectivity index (χ4n) is 1.96. The lowest BCUT2D eigenvalue weighted by molar-refractivity contribution is 0.127. The van der Waals surface area contributed by atoms with Crippen LogP contribution < -0.4 is 4.72 Å². The first-order valence-corrected chi connectivity index (χ1v) is 10.00. The zero-order valence-electron chi connectivity index (χ0n) is 10.8. The average molecular weight is 358 g/mol. The smallest absolute Gasteiger partial charge is 0.261 e. The Morgan fingerprint density at radius 1 is 1.33 bits per heavy atom. The summed E-state index contributed by atoms with van der Waals surface area (Å²) in [6.07, 6.45) is 1.01. The van der Waals surface area contributed by atoms with Crippen molar-refractivity contribution in [3.63, 3.8) is 0 Å². The minimum absolute atomic E-state index is 0.276. The van der Waals surface area contributed by atoms with E-state index in [-0.39, 0.29) is 11.4 Å². The summed E-state index contributed by atoms with van der Waals surface area (Å²) in [5.41, 5.74) is -0.336. The summed E-state index contributed by atoms with van der Waals surface area (Å²) in [6.45, 7) is 0.511. The van der Waals surface area contributed by atoms with Gasteiger partial charge in [-0.2, -0.15) is 0 Å². The number of halogens is 2. The number of hydrogen-bond donors (Lipinski definition) is 1. The van der Waals surface area contributed by atoms with Crippen molar-refractivity contribution in [2.24, 2.45) is 0 Å². The Balaban J connectivity index is 2.15. The summed E-state index contributed by atoms with van der Waals surface area (Å²) in [5.74, 6) is -1.30. The Labute approximate surface area is 126 Å². The van der Waals surface area contributed by atoms with E-state index in [1.54, 1.807) is 0 Å². The van der Waals surface area contributed by atoms with E-state index < -0.39 is 35.9 Å². The maximum Gasteiger partial charge on any atom is 0.261 e. The predicted molar refractivity (Wildman–Crippen MR) is 75.8 cm³/mol. The van der Waals surface area contributed by atoms with Crippen molar-refractivity contribution in [2.75, 3.05) is 17.1 Å². The first kappa shape index (κ1) is 16.5. The number of rotatable bonds is 5. The molecule has 0 bridgehead atoms. The van der Waals surface area contributed by atoms with E-state index in [9.17, 15) is 21.2 Å². The molecule has 1 unspecified atom stereocenters. The Morgan fingerprint density at radius 2 is 2.05 bits per heavy atom.